The lowest BCUT2D eigenvalue weighted by atomic mass is 9.99. The molecule has 1 saturated heterocycles. The van der Waals surface area contributed by atoms with Crippen molar-refractivity contribution in [3.63, 3.8) is 0 Å². The quantitative estimate of drug-likeness (QED) is 0.800. The van der Waals surface area contributed by atoms with E-state index < -0.39 is 0 Å². The molecule has 0 aromatic carbocycles. The molecule has 0 aliphatic carbocycles. The number of aromatic nitrogens is 2. The maximum Gasteiger partial charge on any atom is 0.242 e. The van der Waals surface area contributed by atoms with Crippen LogP contribution in [-0.2, 0) is 17.8 Å². The van der Waals surface area contributed by atoms with Crippen LogP contribution in [0.25, 0.3) is 0 Å². The van der Waals surface area contributed by atoms with Crippen LogP contribution in [0, 0.1) is 5.92 Å². The number of imidazole rings is 1. The van der Waals surface area contributed by atoms with E-state index in [1.165, 1.54) is 0 Å². The van der Waals surface area contributed by atoms with Gasteiger partial charge < -0.3 is 9.47 Å². The molecule has 0 N–H and O–H groups in total. The summed E-state index contributed by atoms with van der Waals surface area (Å²) in [7, 11) is 0. The number of likely N-dealkylation sites (tertiary alicyclic amines) is 1. The average molecular weight is 235 g/mol. The molecular weight excluding hydrogens is 214 g/mol. The van der Waals surface area contributed by atoms with E-state index in [-0.39, 0.29) is 5.91 Å². The van der Waals surface area contributed by atoms with Gasteiger partial charge in [0.2, 0.25) is 5.91 Å². The van der Waals surface area contributed by atoms with Crippen molar-refractivity contribution in [2.75, 3.05) is 13.1 Å². The first kappa shape index (κ1) is 12.1. The number of aryl methyl sites for hydroxylation is 1. The highest BCUT2D eigenvalue weighted by atomic mass is 16.2. The molecule has 1 aromatic heterocycles. The first-order valence-electron chi connectivity index (χ1n) is 6.47. The number of carbonyl (C=O) groups excluding carboxylic acids is 1. The SMILES string of the molecule is CCc1cn(CC(=O)N2CCC(C)CC2)cn1. The van der Waals surface area contributed by atoms with Crippen LogP contribution < -0.4 is 0 Å². The molecule has 2 rings (SSSR count). The zero-order chi connectivity index (χ0) is 12.3. The Hall–Kier alpha value is -1.32. The van der Waals surface area contributed by atoms with Crippen molar-refractivity contribution < 1.29 is 4.79 Å². The Balaban J connectivity index is 1.88. The number of carbonyl (C=O) groups is 1. The molecule has 0 spiro atoms. The van der Waals surface area contributed by atoms with Crippen molar-refractivity contribution in [3.05, 3.63) is 18.2 Å². The van der Waals surface area contributed by atoms with E-state index in [2.05, 4.69) is 18.8 Å². The van der Waals surface area contributed by atoms with Gasteiger partial charge >= 0.3 is 0 Å². The topological polar surface area (TPSA) is 38.1 Å². The van der Waals surface area contributed by atoms with Crippen LogP contribution in [0.4, 0.5) is 0 Å². The van der Waals surface area contributed by atoms with Crippen molar-refractivity contribution in [3.8, 4) is 0 Å². The van der Waals surface area contributed by atoms with E-state index in [1.54, 1.807) is 6.33 Å². The summed E-state index contributed by atoms with van der Waals surface area (Å²) in [6.45, 7) is 6.58. The van der Waals surface area contributed by atoms with Gasteiger partial charge in [-0.3, -0.25) is 4.79 Å². The molecule has 4 heteroatoms. The number of rotatable bonds is 3. The Morgan fingerprint density at radius 2 is 2.18 bits per heavy atom. The molecule has 0 bridgehead atoms. The summed E-state index contributed by atoms with van der Waals surface area (Å²) in [5.74, 6) is 0.982. The van der Waals surface area contributed by atoms with Gasteiger partial charge in [-0.1, -0.05) is 13.8 Å². The molecule has 1 aliphatic rings. The van der Waals surface area contributed by atoms with Crippen molar-refractivity contribution in [2.24, 2.45) is 5.92 Å². The summed E-state index contributed by atoms with van der Waals surface area (Å²) >= 11 is 0. The second kappa shape index (κ2) is 5.34. The summed E-state index contributed by atoms with van der Waals surface area (Å²) in [4.78, 5) is 18.3. The third-order valence-electron chi connectivity index (χ3n) is 3.50. The summed E-state index contributed by atoms with van der Waals surface area (Å²) in [5.41, 5.74) is 1.05. The predicted molar refractivity (Wildman–Crippen MR) is 66.6 cm³/mol. The molecule has 1 aromatic rings. The third kappa shape index (κ3) is 3.08. The number of hydrogen-bond acceptors (Lipinski definition) is 2. The highest BCUT2D eigenvalue weighted by molar-refractivity contribution is 5.76. The number of hydrogen-bond donors (Lipinski definition) is 0. The molecule has 0 atom stereocenters. The zero-order valence-corrected chi connectivity index (χ0v) is 10.7. The third-order valence-corrected chi connectivity index (χ3v) is 3.50. The Labute approximate surface area is 103 Å². The van der Waals surface area contributed by atoms with E-state index in [9.17, 15) is 4.79 Å². The number of piperidine rings is 1. The minimum absolute atomic E-state index is 0.219. The molecule has 94 valence electrons. The molecule has 0 saturated carbocycles. The fraction of sp³-hybridized carbons (Fsp3) is 0.692. The summed E-state index contributed by atoms with van der Waals surface area (Å²) in [6.07, 6.45) is 6.90. The van der Waals surface area contributed by atoms with Gasteiger partial charge in [-0.25, -0.2) is 4.98 Å². The Bertz CT molecular complexity index is 378. The molecule has 4 nitrogen and oxygen atoms in total. The van der Waals surface area contributed by atoms with Gasteiger partial charge in [-0.15, -0.1) is 0 Å². The van der Waals surface area contributed by atoms with E-state index >= 15 is 0 Å². The van der Waals surface area contributed by atoms with Crippen molar-refractivity contribution >= 4 is 5.91 Å². The van der Waals surface area contributed by atoms with Gasteiger partial charge in [0.25, 0.3) is 0 Å². The molecule has 0 unspecified atom stereocenters. The predicted octanol–water partition coefficient (Wildman–Crippen LogP) is 1.70. The minimum atomic E-state index is 0.219. The lowest BCUT2D eigenvalue weighted by molar-refractivity contribution is -0.133. The Morgan fingerprint density at radius 3 is 2.76 bits per heavy atom. The highest BCUT2D eigenvalue weighted by Crippen LogP contribution is 2.16. The molecular formula is C13H21N3O. The first-order valence-corrected chi connectivity index (χ1v) is 6.47. The smallest absolute Gasteiger partial charge is 0.242 e. The van der Waals surface area contributed by atoms with Crippen LogP contribution in [0.2, 0.25) is 0 Å². The maximum atomic E-state index is 12.0. The van der Waals surface area contributed by atoms with Gasteiger partial charge in [0.15, 0.2) is 0 Å². The zero-order valence-electron chi connectivity index (χ0n) is 10.7. The normalized spacial score (nSPS) is 17.4. The molecule has 1 fully saturated rings. The lowest BCUT2D eigenvalue weighted by Crippen LogP contribution is -2.39. The Morgan fingerprint density at radius 1 is 1.47 bits per heavy atom. The standard InChI is InChI=1S/C13H21N3O/c1-3-12-8-15(10-14-12)9-13(17)16-6-4-11(2)5-7-16/h8,10-11H,3-7,9H2,1-2H3. The van der Waals surface area contributed by atoms with Gasteiger partial charge in [0.05, 0.1) is 12.0 Å². The molecule has 1 amide bonds. The monoisotopic (exact) mass is 235 g/mol. The van der Waals surface area contributed by atoms with Gasteiger partial charge in [0, 0.05) is 19.3 Å². The van der Waals surface area contributed by atoms with Crippen LogP contribution in [0.5, 0.6) is 0 Å². The molecule has 17 heavy (non-hydrogen) atoms. The molecule has 0 radical (unpaired) electrons. The van der Waals surface area contributed by atoms with E-state index in [0.717, 1.165) is 44.0 Å². The van der Waals surface area contributed by atoms with Gasteiger partial charge in [0.1, 0.15) is 6.54 Å². The van der Waals surface area contributed by atoms with Gasteiger partial charge in [-0.2, -0.15) is 0 Å². The second-order valence-corrected chi connectivity index (χ2v) is 4.95. The van der Waals surface area contributed by atoms with E-state index in [4.69, 9.17) is 0 Å². The summed E-state index contributed by atoms with van der Waals surface area (Å²) in [6, 6.07) is 0. The number of nitrogens with zero attached hydrogens (tertiary/aromatic N) is 3. The average Bonchev–Trinajstić information content (AvgIpc) is 2.77. The highest BCUT2D eigenvalue weighted by Gasteiger charge is 2.20. The van der Waals surface area contributed by atoms with E-state index in [1.807, 2.05) is 15.7 Å². The van der Waals surface area contributed by atoms with Crippen LogP contribution in [-0.4, -0.2) is 33.4 Å². The molecule has 2 heterocycles. The van der Waals surface area contributed by atoms with Gasteiger partial charge in [-0.05, 0) is 25.2 Å². The van der Waals surface area contributed by atoms with E-state index in [0.29, 0.717) is 6.54 Å². The maximum absolute atomic E-state index is 12.0. The van der Waals surface area contributed by atoms with Crippen molar-refractivity contribution in [1.82, 2.24) is 14.5 Å². The van der Waals surface area contributed by atoms with Crippen LogP contribution in [0.3, 0.4) is 0 Å². The lowest BCUT2D eigenvalue weighted by Gasteiger charge is -2.30. The first-order chi connectivity index (χ1) is 8.19. The second-order valence-electron chi connectivity index (χ2n) is 4.95. The summed E-state index contributed by atoms with van der Waals surface area (Å²) in [5, 5.41) is 0. The minimum Gasteiger partial charge on any atom is -0.341 e. The Kier molecular flexibility index (Phi) is 3.82. The van der Waals surface area contributed by atoms with Crippen LogP contribution in [0.15, 0.2) is 12.5 Å². The fourth-order valence-corrected chi connectivity index (χ4v) is 2.19. The van der Waals surface area contributed by atoms with Crippen molar-refractivity contribution in [1.29, 1.82) is 0 Å². The largest absolute Gasteiger partial charge is 0.341 e. The van der Waals surface area contributed by atoms with Crippen LogP contribution >= 0.6 is 0 Å². The summed E-state index contributed by atoms with van der Waals surface area (Å²) < 4.78 is 1.89. The number of amides is 1. The van der Waals surface area contributed by atoms with Crippen LogP contribution in [0.1, 0.15) is 32.4 Å². The fourth-order valence-electron chi connectivity index (χ4n) is 2.19. The molecule has 1 aliphatic heterocycles. The van der Waals surface area contributed by atoms with Crippen molar-refractivity contribution in [2.45, 2.75) is 39.7 Å².